The van der Waals surface area contributed by atoms with E-state index in [4.69, 9.17) is 16.3 Å². The molecule has 0 saturated carbocycles. The van der Waals surface area contributed by atoms with Gasteiger partial charge in [0, 0.05) is 18.6 Å². The van der Waals surface area contributed by atoms with Crippen molar-refractivity contribution in [2.24, 2.45) is 0 Å². The molecule has 2 aromatic carbocycles. The largest absolute Gasteiger partial charge is 0.497 e. The van der Waals surface area contributed by atoms with Crippen molar-refractivity contribution in [2.75, 3.05) is 19.9 Å². The average molecular weight is 404 g/mol. The summed E-state index contributed by atoms with van der Waals surface area (Å²) in [6.07, 6.45) is 0. The number of tetrazole rings is 1. The van der Waals surface area contributed by atoms with Crippen molar-refractivity contribution < 1.29 is 9.53 Å². The van der Waals surface area contributed by atoms with Gasteiger partial charge >= 0.3 is 0 Å². The molecule has 3 aromatic rings. The molecule has 0 fully saturated rings. The summed E-state index contributed by atoms with van der Waals surface area (Å²) in [6, 6.07) is 14.8. The molecular formula is C18H18ClN5O2S. The van der Waals surface area contributed by atoms with Gasteiger partial charge in [0.15, 0.2) is 0 Å². The fourth-order valence-electron chi connectivity index (χ4n) is 2.34. The van der Waals surface area contributed by atoms with Crippen molar-refractivity contribution in [2.45, 2.75) is 11.7 Å². The lowest BCUT2D eigenvalue weighted by Crippen LogP contribution is -2.27. The lowest BCUT2D eigenvalue weighted by atomic mass is 10.2. The summed E-state index contributed by atoms with van der Waals surface area (Å²) in [7, 11) is 3.38. The monoisotopic (exact) mass is 403 g/mol. The number of ether oxygens (including phenoxy) is 1. The highest BCUT2D eigenvalue weighted by Gasteiger charge is 2.14. The van der Waals surface area contributed by atoms with Gasteiger partial charge in [0.1, 0.15) is 5.75 Å². The summed E-state index contributed by atoms with van der Waals surface area (Å²) in [5.74, 6) is 0.972. The Morgan fingerprint density at radius 3 is 2.56 bits per heavy atom. The number of rotatable bonds is 7. The van der Waals surface area contributed by atoms with E-state index in [-0.39, 0.29) is 11.7 Å². The molecule has 0 bridgehead atoms. The van der Waals surface area contributed by atoms with Crippen LogP contribution in [-0.2, 0) is 11.3 Å². The Bertz CT molecular complexity index is 899. The zero-order valence-corrected chi connectivity index (χ0v) is 16.4. The van der Waals surface area contributed by atoms with Crippen LogP contribution in [0.15, 0.2) is 53.7 Å². The maximum Gasteiger partial charge on any atom is 0.233 e. The van der Waals surface area contributed by atoms with Crippen molar-refractivity contribution in [3.63, 3.8) is 0 Å². The van der Waals surface area contributed by atoms with E-state index in [9.17, 15) is 4.79 Å². The molecular weight excluding hydrogens is 386 g/mol. The number of halogens is 1. The molecule has 7 nitrogen and oxygen atoms in total. The number of benzene rings is 2. The van der Waals surface area contributed by atoms with Gasteiger partial charge in [0.25, 0.3) is 0 Å². The van der Waals surface area contributed by atoms with Gasteiger partial charge in [0.05, 0.1) is 18.6 Å². The lowest BCUT2D eigenvalue weighted by Gasteiger charge is -2.17. The number of carbonyl (C=O) groups is 1. The molecule has 0 aliphatic heterocycles. The van der Waals surface area contributed by atoms with E-state index in [2.05, 4.69) is 15.5 Å². The second-order valence-corrected chi connectivity index (χ2v) is 7.12. The van der Waals surface area contributed by atoms with Gasteiger partial charge in [-0.05, 0) is 52.4 Å². The molecule has 0 unspecified atom stereocenters. The Morgan fingerprint density at radius 2 is 1.89 bits per heavy atom. The molecule has 9 heteroatoms. The Hall–Kier alpha value is -2.58. The quantitative estimate of drug-likeness (QED) is 0.564. The molecule has 0 aliphatic rings. The van der Waals surface area contributed by atoms with E-state index in [0.29, 0.717) is 16.7 Å². The van der Waals surface area contributed by atoms with Crippen LogP contribution in [0.2, 0.25) is 5.02 Å². The number of amides is 1. The first kappa shape index (κ1) is 19.2. The zero-order valence-electron chi connectivity index (χ0n) is 14.9. The van der Waals surface area contributed by atoms with E-state index in [1.165, 1.54) is 11.8 Å². The van der Waals surface area contributed by atoms with Gasteiger partial charge in [-0.1, -0.05) is 35.5 Å². The summed E-state index contributed by atoms with van der Waals surface area (Å²) >= 11 is 7.18. The molecule has 3 rings (SSSR count). The maximum atomic E-state index is 12.4. The van der Waals surface area contributed by atoms with Crippen molar-refractivity contribution in [3.05, 3.63) is 59.1 Å². The Balaban J connectivity index is 1.60. The summed E-state index contributed by atoms with van der Waals surface area (Å²) in [6.45, 7) is 0.514. The molecule has 0 spiro atoms. The van der Waals surface area contributed by atoms with E-state index < -0.39 is 0 Å². The number of nitrogens with zero attached hydrogens (tertiary/aromatic N) is 5. The van der Waals surface area contributed by atoms with Crippen LogP contribution in [0, 0.1) is 0 Å². The molecule has 140 valence electrons. The smallest absolute Gasteiger partial charge is 0.233 e. The average Bonchev–Trinajstić information content (AvgIpc) is 3.16. The number of thioether (sulfide) groups is 1. The third-order valence-electron chi connectivity index (χ3n) is 3.84. The van der Waals surface area contributed by atoms with Crippen LogP contribution in [0.3, 0.4) is 0 Å². The standard InChI is InChI=1S/C18H18ClN5O2S/c1-23(11-13-3-5-14(19)6-4-13)17(25)12-27-18-20-21-22-24(18)15-7-9-16(26-2)10-8-15/h3-10H,11-12H2,1-2H3. The van der Waals surface area contributed by atoms with Crippen molar-refractivity contribution in [1.29, 1.82) is 0 Å². The van der Waals surface area contributed by atoms with Crippen LogP contribution in [0.5, 0.6) is 5.75 Å². The van der Waals surface area contributed by atoms with Gasteiger partial charge in [-0.2, -0.15) is 4.68 Å². The number of hydrogen-bond acceptors (Lipinski definition) is 6. The van der Waals surface area contributed by atoms with Crippen LogP contribution >= 0.6 is 23.4 Å². The van der Waals surface area contributed by atoms with E-state index in [0.717, 1.165) is 17.0 Å². The predicted octanol–water partition coefficient (Wildman–Crippen LogP) is 3.08. The van der Waals surface area contributed by atoms with Crippen LogP contribution < -0.4 is 4.74 Å². The zero-order chi connectivity index (χ0) is 19.2. The highest BCUT2D eigenvalue weighted by Crippen LogP contribution is 2.21. The second kappa shape index (κ2) is 8.88. The minimum Gasteiger partial charge on any atom is -0.497 e. The number of aromatic nitrogens is 4. The van der Waals surface area contributed by atoms with Gasteiger partial charge in [0.2, 0.25) is 11.1 Å². The van der Waals surface area contributed by atoms with E-state index in [1.54, 1.807) is 23.7 Å². The minimum absolute atomic E-state index is 0.0146. The SMILES string of the molecule is COc1ccc(-n2nnnc2SCC(=O)N(C)Cc2ccc(Cl)cc2)cc1. The molecule has 27 heavy (non-hydrogen) atoms. The van der Waals surface area contributed by atoms with E-state index >= 15 is 0 Å². The van der Waals surface area contributed by atoms with Crippen molar-refractivity contribution in [1.82, 2.24) is 25.1 Å². The van der Waals surface area contributed by atoms with Crippen LogP contribution in [-0.4, -0.2) is 50.9 Å². The topological polar surface area (TPSA) is 73.1 Å². The third-order valence-corrected chi connectivity index (χ3v) is 5.00. The number of hydrogen-bond donors (Lipinski definition) is 0. The van der Waals surface area contributed by atoms with Gasteiger partial charge in [-0.15, -0.1) is 5.10 Å². The molecule has 1 amide bonds. The normalized spacial score (nSPS) is 10.6. The summed E-state index contributed by atoms with van der Waals surface area (Å²) < 4.78 is 6.75. The summed E-state index contributed by atoms with van der Waals surface area (Å²) in [4.78, 5) is 14.1. The van der Waals surface area contributed by atoms with Gasteiger partial charge in [-0.3, -0.25) is 4.79 Å². The summed E-state index contributed by atoms with van der Waals surface area (Å²) in [5, 5.41) is 12.9. The second-order valence-electron chi connectivity index (χ2n) is 5.74. The molecule has 1 aromatic heterocycles. The van der Waals surface area contributed by atoms with Crippen LogP contribution in [0.25, 0.3) is 5.69 Å². The first-order valence-corrected chi connectivity index (χ1v) is 9.47. The number of methoxy groups -OCH3 is 1. The molecule has 0 aliphatic carbocycles. The van der Waals surface area contributed by atoms with Crippen LogP contribution in [0.1, 0.15) is 5.56 Å². The van der Waals surface area contributed by atoms with Crippen molar-refractivity contribution >= 4 is 29.3 Å². The molecule has 0 N–H and O–H groups in total. The molecule has 0 saturated heterocycles. The fraction of sp³-hybridized carbons (Fsp3) is 0.222. The maximum absolute atomic E-state index is 12.4. The fourth-order valence-corrected chi connectivity index (χ4v) is 3.30. The van der Waals surface area contributed by atoms with Crippen molar-refractivity contribution in [3.8, 4) is 11.4 Å². The Labute approximate surface area is 166 Å². The lowest BCUT2D eigenvalue weighted by molar-refractivity contribution is -0.127. The van der Waals surface area contributed by atoms with Gasteiger partial charge in [-0.25, -0.2) is 0 Å². The van der Waals surface area contributed by atoms with Crippen LogP contribution in [0.4, 0.5) is 0 Å². The Morgan fingerprint density at radius 1 is 1.19 bits per heavy atom. The summed E-state index contributed by atoms with van der Waals surface area (Å²) in [5.41, 5.74) is 1.81. The highest BCUT2D eigenvalue weighted by molar-refractivity contribution is 7.99. The third kappa shape index (κ3) is 4.99. The highest BCUT2D eigenvalue weighted by atomic mass is 35.5. The molecule has 0 radical (unpaired) electrons. The van der Waals surface area contributed by atoms with Gasteiger partial charge < -0.3 is 9.64 Å². The number of carbonyl (C=O) groups excluding carboxylic acids is 1. The van der Waals surface area contributed by atoms with E-state index in [1.807, 2.05) is 48.5 Å². The first-order valence-electron chi connectivity index (χ1n) is 8.11. The minimum atomic E-state index is -0.0146. The molecule has 0 atom stereocenters. The first-order chi connectivity index (χ1) is 13.1. The molecule has 1 heterocycles. The Kier molecular flexibility index (Phi) is 6.31. The predicted molar refractivity (Wildman–Crippen MR) is 104 cm³/mol.